The third-order valence-corrected chi connectivity index (χ3v) is 3.05. The maximum atomic E-state index is 9.65. The van der Waals surface area contributed by atoms with Gasteiger partial charge >= 0.3 is 0 Å². The monoisotopic (exact) mass is 304 g/mol. The summed E-state index contributed by atoms with van der Waals surface area (Å²) in [6, 6.07) is 6.99. The summed E-state index contributed by atoms with van der Waals surface area (Å²) >= 11 is 3.29. The normalized spacial score (nSPS) is 33.4. The minimum atomic E-state index is -1.28. The van der Waals surface area contributed by atoms with Crippen LogP contribution < -0.4 is 4.74 Å². The molecule has 3 N–H and O–H groups in total. The number of hydrogen-bond acceptors (Lipinski definition) is 5. The van der Waals surface area contributed by atoms with E-state index in [1.54, 1.807) is 24.3 Å². The Morgan fingerprint density at radius 1 is 1.12 bits per heavy atom. The summed E-state index contributed by atoms with van der Waals surface area (Å²) in [5.41, 5.74) is 0. The lowest BCUT2D eigenvalue weighted by molar-refractivity contribution is -0.242. The second kappa shape index (κ2) is 5.32. The van der Waals surface area contributed by atoms with Gasteiger partial charge in [-0.25, -0.2) is 0 Å². The lowest BCUT2D eigenvalue weighted by atomic mass is 10.1. The average molecular weight is 305 g/mol. The van der Waals surface area contributed by atoms with Gasteiger partial charge in [0.1, 0.15) is 24.1 Å². The first-order valence-electron chi connectivity index (χ1n) is 5.16. The van der Waals surface area contributed by atoms with E-state index in [0.717, 1.165) is 4.47 Å². The molecular weight excluding hydrogens is 292 g/mol. The zero-order valence-electron chi connectivity index (χ0n) is 8.86. The van der Waals surface area contributed by atoms with Crippen LogP contribution in [0.2, 0.25) is 0 Å². The Morgan fingerprint density at radius 2 is 1.76 bits per heavy atom. The fourth-order valence-corrected chi connectivity index (χ4v) is 1.79. The average Bonchev–Trinajstić information content (AvgIpc) is 2.33. The van der Waals surface area contributed by atoms with Gasteiger partial charge in [-0.3, -0.25) is 0 Å². The number of rotatable bonds is 2. The molecule has 6 heteroatoms. The van der Waals surface area contributed by atoms with E-state index in [1.165, 1.54) is 0 Å². The predicted octanol–water partition coefficient (Wildman–Crippen LogP) is 0.267. The van der Waals surface area contributed by atoms with E-state index in [2.05, 4.69) is 15.9 Å². The van der Waals surface area contributed by atoms with Crippen LogP contribution in [0, 0.1) is 0 Å². The van der Waals surface area contributed by atoms with Crippen LogP contribution in [-0.2, 0) is 4.74 Å². The standard InChI is InChI=1S/C11H13BrO5/c12-6-1-3-7(4-2-6)17-11-10(15)9(14)8(13)5-16-11/h1-4,8-11,13-15H,5H2/t8-,9+,10-,11+/m0/s1. The molecule has 5 nitrogen and oxygen atoms in total. The third kappa shape index (κ3) is 2.97. The molecule has 0 saturated carbocycles. The summed E-state index contributed by atoms with van der Waals surface area (Å²) in [4.78, 5) is 0. The highest BCUT2D eigenvalue weighted by Gasteiger charge is 2.38. The van der Waals surface area contributed by atoms with Crippen molar-refractivity contribution in [1.29, 1.82) is 0 Å². The molecule has 1 aliphatic heterocycles. The zero-order chi connectivity index (χ0) is 12.4. The van der Waals surface area contributed by atoms with Gasteiger partial charge < -0.3 is 24.8 Å². The zero-order valence-corrected chi connectivity index (χ0v) is 10.4. The Hall–Kier alpha value is -0.660. The molecule has 0 aliphatic carbocycles. The maximum absolute atomic E-state index is 9.65. The van der Waals surface area contributed by atoms with E-state index >= 15 is 0 Å². The first-order chi connectivity index (χ1) is 8.08. The van der Waals surface area contributed by atoms with Gasteiger partial charge in [0.15, 0.2) is 0 Å². The van der Waals surface area contributed by atoms with Gasteiger partial charge in [0.2, 0.25) is 6.29 Å². The fourth-order valence-electron chi connectivity index (χ4n) is 1.53. The summed E-state index contributed by atoms with van der Waals surface area (Å²) in [7, 11) is 0. The maximum Gasteiger partial charge on any atom is 0.228 e. The molecule has 17 heavy (non-hydrogen) atoms. The quantitative estimate of drug-likeness (QED) is 0.731. The van der Waals surface area contributed by atoms with Crippen molar-refractivity contribution in [3.8, 4) is 5.75 Å². The van der Waals surface area contributed by atoms with Crippen molar-refractivity contribution in [3.63, 3.8) is 0 Å². The fraction of sp³-hybridized carbons (Fsp3) is 0.455. The van der Waals surface area contributed by atoms with Gasteiger partial charge in [0.25, 0.3) is 0 Å². The Bertz CT molecular complexity index is 369. The molecule has 1 saturated heterocycles. The molecule has 0 amide bonds. The van der Waals surface area contributed by atoms with Crippen molar-refractivity contribution in [3.05, 3.63) is 28.7 Å². The van der Waals surface area contributed by atoms with E-state index < -0.39 is 24.6 Å². The Kier molecular flexibility index (Phi) is 4.01. The molecule has 1 aliphatic rings. The molecule has 1 aromatic rings. The van der Waals surface area contributed by atoms with Crippen LogP contribution in [0.15, 0.2) is 28.7 Å². The third-order valence-electron chi connectivity index (χ3n) is 2.52. The molecule has 0 bridgehead atoms. The first kappa shape index (κ1) is 12.8. The number of benzene rings is 1. The van der Waals surface area contributed by atoms with Crippen molar-refractivity contribution < 1.29 is 24.8 Å². The van der Waals surface area contributed by atoms with Gasteiger partial charge in [0, 0.05) is 4.47 Å². The molecule has 4 atom stereocenters. The number of hydrogen-bond donors (Lipinski definition) is 3. The predicted molar refractivity (Wildman–Crippen MR) is 62.5 cm³/mol. The van der Waals surface area contributed by atoms with Gasteiger partial charge in [0.05, 0.1) is 6.61 Å². The Morgan fingerprint density at radius 3 is 2.41 bits per heavy atom. The molecule has 1 heterocycles. The number of ether oxygens (including phenoxy) is 2. The van der Waals surface area contributed by atoms with Crippen LogP contribution in [0.4, 0.5) is 0 Å². The lowest BCUT2D eigenvalue weighted by Gasteiger charge is -2.34. The van der Waals surface area contributed by atoms with Gasteiger partial charge in [-0.1, -0.05) is 15.9 Å². The number of aliphatic hydroxyl groups excluding tert-OH is 3. The highest BCUT2D eigenvalue weighted by molar-refractivity contribution is 9.10. The summed E-state index contributed by atoms with van der Waals surface area (Å²) in [5, 5.41) is 28.4. The topological polar surface area (TPSA) is 79.2 Å². The Labute approximate surface area is 107 Å². The number of aliphatic hydroxyl groups is 3. The van der Waals surface area contributed by atoms with Crippen molar-refractivity contribution in [1.82, 2.24) is 0 Å². The van der Waals surface area contributed by atoms with Crippen molar-refractivity contribution in [2.45, 2.75) is 24.6 Å². The molecule has 1 fully saturated rings. The van der Waals surface area contributed by atoms with Crippen LogP contribution in [0.3, 0.4) is 0 Å². The highest BCUT2D eigenvalue weighted by Crippen LogP contribution is 2.22. The molecular formula is C11H13BrO5. The van der Waals surface area contributed by atoms with Crippen LogP contribution >= 0.6 is 15.9 Å². The second-order valence-electron chi connectivity index (χ2n) is 3.82. The van der Waals surface area contributed by atoms with E-state index in [1.807, 2.05) is 0 Å². The lowest BCUT2D eigenvalue weighted by Crippen LogP contribution is -2.54. The van der Waals surface area contributed by atoms with Crippen molar-refractivity contribution in [2.24, 2.45) is 0 Å². The first-order valence-corrected chi connectivity index (χ1v) is 5.95. The largest absolute Gasteiger partial charge is 0.462 e. The SMILES string of the molecule is O[C@@H]1[C@@H](Oc2ccc(Br)cc2)OC[C@H](O)[C@H]1O. The minimum absolute atomic E-state index is 0.0700. The summed E-state index contributed by atoms with van der Waals surface area (Å²) in [5.74, 6) is 0.515. The highest BCUT2D eigenvalue weighted by atomic mass is 79.9. The molecule has 1 aromatic carbocycles. The molecule has 2 rings (SSSR count). The van der Waals surface area contributed by atoms with E-state index in [0.29, 0.717) is 5.75 Å². The van der Waals surface area contributed by atoms with Crippen molar-refractivity contribution >= 4 is 15.9 Å². The number of halogens is 1. The van der Waals surface area contributed by atoms with Crippen LogP contribution in [0.1, 0.15) is 0 Å². The molecule has 0 unspecified atom stereocenters. The van der Waals surface area contributed by atoms with Gasteiger partial charge in [-0.15, -0.1) is 0 Å². The van der Waals surface area contributed by atoms with Crippen LogP contribution in [-0.4, -0.2) is 46.5 Å². The summed E-state index contributed by atoms with van der Waals surface area (Å²) in [6.07, 6.45) is -4.60. The summed E-state index contributed by atoms with van der Waals surface area (Å²) < 4.78 is 11.4. The molecule has 0 aromatic heterocycles. The molecule has 94 valence electrons. The Balaban J connectivity index is 2.01. The van der Waals surface area contributed by atoms with Crippen LogP contribution in [0.5, 0.6) is 5.75 Å². The van der Waals surface area contributed by atoms with Crippen molar-refractivity contribution in [2.75, 3.05) is 6.61 Å². The second-order valence-corrected chi connectivity index (χ2v) is 4.74. The minimum Gasteiger partial charge on any atom is -0.462 e. The van der Waals surface area contributed by atoms with Crippen LogP contribution in [0.25, 0.3) is 0 Å². The smallest absolute Gasteiger partial charge is 0.228 e. The molecule has 0 spiro atoms. The van der Waals surface area contributed by atoms with E-state index in [9.17, 15) is 15.3 Å². The van der Waals surface area contributed by atoms with Gasteiger partial charge in [-0.2, -0.15) is 0 Å². The molecule has 0 radical (unpaired) electrons. The summed E-state index contributed by atoms with van der Waals surface area (Å²) in [6.45, 7) is -0.0700. The van der Waals surface area contributed by atoms with E-state index in [-0.39, 0.29) is 6.61 Å². The van der Waals surface area contributed by atoms with E-state index in [4.69, 9.17) is 9.47 Å². The van der Waals surface area contributed by atoms with Gasteiger partial charge in [-0.05, 0) is 24.3 Å².